The lowest BCUT2D eigenvalue weighted by atomic mass is 9.79. The Balaban J connectivity index is 1.51. The topological polar surface area (TPSA) is 63.3 Å². The van der Waals surface area contributed by atoms with Crippen LogP contribution in [0.2, 0.25) is 0 Å². The van der Waals surface area contributed by atoms with Gasteiger partial charge in [0, 0.05) is 35.0 Å². The Labute approximate surface area is 196 Å². The van der Waals surface area contributed by atoms with Crippen LogP contribution in [0.4, 0.5) is 0 Å². The minimum Gasteiger partial charge on any atom is -0.383 e. The highest BCUT2D eigenvalue weighted by atomic mass is 14.9. The second kappa shape index (κ2) is 9.70. The zero-order valence-corrected chi connectivity index (χ0v) is 19.3. The van der Waals surface area contributed by atoms with Gasteiger partial charge in [0.1, 0.15) is 5.84 Å². The Morgan fingerprint density at radius 1 is 1.09 bits per heavy atom. The summed E-state index contributed by atoms with van der Waals surface area (Å²) in [5.74, 6) is 0.954. The zero-order chi connectivity index (χ0) is 23.4. The van der Waals surface area contributed by atoms with Crippen molar-refractivity contribution in [1.82, 2.24) is 10.3 Å². The third kappa shape index (κ3) is 5.12. The molecule has 0 saturated heterocycles. The molecular weight excluding hydrogens is 404 g/mol. The maximum absolute atomic E-state index is 6.26. The number of hydrogen-bond donors (Lipinski definition) is 2. The number of hydrogen-bond acceptors (Lipinski definition) is 3. The summed E-state index contributed by atoms with van der Waals surface area (Å²) >= 11 is 0. The van der Waals surface area contributed by atoms with E-state index in [1.165, 1.54) is 5.57 Å². The Morgan fingerprint density at radius 3 is 2.55 bits per heavy atom. The monoisotopic (exact) mass is 434 g/mol. The average molecular weight is 435 g/mol. The van der Waals surface area contributed by atoms with Gasteiger partial charge in [0.2, 0.25) is 0 Å². The molecule has 166 valence electrons. The Hall–Kier alpha value is -3.92. The first kappa shape index (κ1) is 22.3. The SMILES string of the molecule is C=C1CC(C(=C)N\C=C/N=C(N)\C(C)=C(\C)c2ccc3ccc(-c4ccccc4)nc3c2)C1. The number of amidine groups is 1. The maximum atomic E-state index is 6.26. The molecule has 0 amide bonds. The van der Waals surface area contributed by atoms with Gasteiger partial charge in [-0.1, -0.05) is 67.3 Å². The number of aromatic nitrogens is 1. The summed E-state index contributed by atoms with van der Waals surface area (Å²) in [6, 6.07) is 20.7. The molecule has 4 nitrogen and oxygen atoms in total. The van der Waals surface area contributed by atoms with Gasteiger partial charge >= 0.3 is 0 Å². The summed E-state index contributed by atoms with van der Waals surface area (Å²) in [7, 11) is 0. The molecule has 3 N–H and O–H groups in total. The number of allylic oxidation sites excluding steroid dienone is 3. The van der Waals surface area contributed by atoms with Gasteiger partial charge < -0.3 is 11.1 Å². The van der Waals surface area contributed by atoms with Crippen LogP contribution < -0.4 is 11.1 Å². The molecule has 3 aromatic rings. The van der Waals surface area contributed by atoms with Gasteiger partial charge in [0.05, 0.1) is 11.2 Å². The third-order valence-corrected chi connectivity index (χ3v) is 6.26. The first-order valence-electron chi connectivity index (χ1n) is 11.2. The number of benzene rings is 2. The second-order valence-corrected chi connectivity index (χ2v) is 8.57. The lowest BCUT2D eigenvalue weighted by Gasteiger charge is -2.29. The van der Waals surface area contributed by atoms with Crippen molar-refractivity contribution in [2.45, 2.75) is 26.7 Å². The van der Waals surface area contributed by atoms with Crippen molar-refractivity contribution in [2.75, 3.05) is 0 Å². The number of pyridine rings is 1. The number of aliphatic imine (C=N–C) groups is 1. The highest BCUT2D eigenvalue weighted by molar-refractivity contribution is 6.03. The molecule has 1 aromatic heterocycles. The second-order valence-electron chi connectivity index (χ2n) is 8.57. The number of nitrogens with zero attached hydrogens (tertiary/aromatic N) is 2. The third-order valence-electron chi connectivity index (χ3n) is 6.26. The van der Waals surface area contributed by atoms with Crippen LogP contribution in [0.25, 0.3) is 27.7 Å². The van der Waals surface area contributed by atoms with E-state index in [1.54, 1.807) is 12.4 Å². The predicted octanol–water partition coefficient (Wildman–Crippen LogP) is 6.59. The van der Waals surface area contributed by atoms with Crippen molar-refractivity contribution in [1.29, 1.82) is 0 Å². The van der Waals surface area contributed by atoms with Gasteiger partial charge in [-0.05, 0) is 55.5 Å². The average Bonchev–Trinajstić information content (AvgIpc) is 2.83. The minimum atomic E-state index is 0.469. The molecule has 2 aromatic carbocycles. The van der Waals surface area contributed by atoms with E-state index < -0.39 is 0 Å². The summed E-state index contributed by atoms with van der Waals surface area (Å²) in [5.41, 5.74) is 14.7. The lowest BCUT2D eigenvalue weighted by molar-refractivity contribution is 0.472. The molecule has 1 heterocycles. The molecule has 0 spiro atoms. The summed E-state index contributed by atoms with van der Waals surface area (Å²) < 4.78 is 0. The molecule has 33 heavy (non-hydrogen) atoms. The van der Waals surface area contributed by atoms with E-state index in [0.717, 1.165) is 57.4 Å². The van der Waals surface area contributed by atoms with Crippen molar-refractivity contribution < 1.29 is 0 Å². The van der Waals surface area contributed by atoms with Gasteiger partial charge in [-0.25, -0.2) is 9.98 Å². The molecule has 0 radical (unpaired) electrons. The normalized spacial score (nSPS) is 15.5. The van der Waals surface area contributed by atoms with Gasteiger partial charge in [0.25, 0.3) is 0 Å². The van der Waals surface area contributed by atoms with E-state index in [0.29, 0.717) is 11.8 Å². The number of rotatable bonds is 7. The fourth-order valence-corrected chi connectivity index (χ4v) is 3.89. The molecule has 4 heteroatoms. The van der Waals surface area contributed by atoms with Crippen LogP contribution >= 0.6 is 0 Å². The van der Waals surface area contributed by atoms with Gasteiger partial charge in [-0.2, -0.15) is 0 Å². The predicted molar refractivity (Wildman–Crippen MR) is 140 cm³/mol. The molecule has 0 atom stereocenters. The highest BCUT2D eigenvalue weighted by Crippen LogP contribution is 2.35. The summed E-state index contributed by atoms with van der Waals surface area (Å²) in [4.78, 5) is 9.28. The fourth-order valence-electron chi connectivity index (χ4n) is 3.89. The lowest BCUT2D eigenvalue weighted by Crippen LogP contribution is -2.22. The molecule has 4 rings (SSSR count). The maximum Gasteiger partial charge on any atom is 0.126 e. The van der Waals surface area contributed by atoms with Crippen LogP contribution in [-0.4, -0.2) is 10.8 Å². The van der Waals surface area contributed by atoms with Crippen molar-refractivity contribution in [3.05, 3.63) is 109 Å². The van der Waals surface area contributed by atoms with Crippen LogP contribution in [0, 0.1) is 5.92 Å². The summed E-state index contributed by atoms with van der Waals surface area (Å²) in [6.07, 6.45) is 5.49. The quantitative estimate of drug-likeness (QED) is 0.250. The van der Waals surface area contributed by atoms with E-state index >= 15 is 0 Å². The highest BCUT2D eigenvalue weighted by Gasteiger charge is 2.23. The van der Waals surface area contributed by atoms with E-state index in [-0.39, 0.29) is 0 Å². The number of fused-ring (bicyclic) bond motifs is 1. The van der Waals surface area contributed by atoms with Crippen LogP contribution in [0.5, 0.6) is 0 Å². The van der Waals surface area contributed by atoms with Crippen LogP contribution in [0.3, 0.4) is 0 Å². The molecule has 1 aliphatic carbocycles. The summed E-state index contributed by atoms with van der Waals surface area (Å²) in [6.45, 7) is 12.1. The Morgan fingerprint density at radius 2 is 1.82 bits per heavy atom. The van der Waals surface area contributed by atoms with Crippen LogP contribution in [0.15, 0.2) is 108 Å². The van der Waals surface area contributed by atoms with Crippen LogP contribution in [-0.2, 0) is 0 Å². The number of nitrogens with two attached hydrogens (primary N) is 1. The Bertz CT molecular complexity index is 1290. The van der Waals surface area contributed by atoms with Crippen molar-refractivity contribution in [2.24, 2.45) is 16.6 Å². The van der Waals surface area contributed by atoms with Gasteiger partial charge in [-0.3, -0.25) is 0 Å². The molecule has 1 fully saturated rings. The molecule has 0 unspecified atom stereocenters. The number of nitrogens with one attached hydrogen (secondary N) is 1. The largest absolute Gasteiger partial charge is 0.383 e. The van der Waals surface area contributed by atoms with E-state index in [1.807, 2.05) is 25.1 Å². The zero-order valence-electron chi connectivity index (χ0n) is 19.3. The summed E-state index contributed by atoms with van der Waals surface area (Å²) in [5, 5.41) is 4.30. The van der Waals surface area contributed by atoms with Crippen molar-refractivity contribution in [3.8, 4) is 11.3 Å². The molecule has 0 aliphatic heterocycles. The van der Waals surface area contributed by atoms with Gasteiger partial charge in [-0.15, -0.1) is 0 Å². The van der Waals surface area contributed by atoms with Crippen molar-refractivity contribution >= 4 is 22.3 Å². The van der Waals surface area contributed by atoms with Gasteiger partial charge in [0.15, 0.2) is 0 Å². The fraction of sp³-hybridized carbons (Fsp3) is 0.172. The molecule has 0 bridgehead atoms. The standard InChI is InChI=1S/C29H30N4/c1-19-16-26(17-19)22(4)31-14-15-32-29(30)21(3)20(2)25-11-10-24-12-13-27(33-28(24)18-25)23-8-6-5-7-9-23/h5-15,18,26,31H,1,4,16-17H2,2-3H3,(H2,30,32)/b15-14-,21-20-. The van der Waals surface area contributed by atoms with E-state index in [2.05, 4.69) is 72.9 Å². The van der Waals surface area contributed by atoms with Crippen LogP contribution in [0.1, 0.15) is 32.3 Å². The van der Waals surface area contributed by atoms with Crippen molar-refractivity contribution in [3.63, 3.8) is 0 Å². The smallest absolute Gasteiger partial charge is 0.126 e. The minimum absolute atomic E-state index is 0.469. The Kier molecular flexibility index (Phi) is 6.55. The first-order valence-corrected chi connectivity index (χ1v) is 11.2. The molecular formula is C29H30N4. The van der Waals surface area contributed by atoms with E-state index in [4.69, 9.17) is 10.7 Å². The first-order chi connectivity index (χ1) is 15.9. The molecule has 1 saturated carbocycles. The van der Waals surface area contributed by atoms with E-state index in [9.17, 15) is 0 Å². The molecule has 1 aliphatic rings.